The fourth-order valence-electron chi connectivity index (χ4n) is 5.41. The number of fused-ring (bicyclic) bond motifs is 2. The molecule has 2 unspecified atom stereocenters. The zero-order valence-corrected chi connectivity index (χ0v) is 16.4. The molecule has 4 nitrogen and oxygen atoms in total. The number of hydrogen-bond acceptors (Lipinski definition) is 4. The average Bonchev–Trinajstić information content (AvgIpc) is 2.97. The van der Waals surface area contributed by atoms with Crippen molar-refractivity contribution in [2.75, 3.05) is 28.2 Å². The number of rotatable bonds is 4. The van der Waals surface area contributed by atoms with Gasteiger partial charge in [0.2, 0.25) is 0 Å². The van der Waals surface area contributed by atoms with Gasteiger partial charge in [-0.15, -0.1) is 0 Å². The summed E-state index contributed by atoms with van der Waals surface area (Å²) in [5, 5.41) is 3.65. The second-order valence-corrected chi connectivity index (χ2v) is 8.53. The number of nitrogens with zero attached hydrogens (tertiary/aromatic N) is 3. The lowest BCUT2D eigenvalue weighted by Crippen LogP contribution is -2.42. The van der Waals surface area contributed by atoms with Crippen LogP contribution in [-0.2, 0) is 0 Å². The molecule has 5 heteroatoms. The standard InChI is InChI=1S/C23H29FN4/c24-17-4-1-8-21(14-17)27-13-3-5-18(16-27)26-23-15-22(11-12-25-23)28-19-6-2-7-20(28)10-9-19/h1,4,8,11-12,14-15,18-20H,2-3,5-7,9-10,13,16H2,(H,25,26)/t18-,19?,20?/m1/s1. The van der Waals surface area contributed by atoms with Crippen LogP contribution in [0.4, 0.5) is 21.6 Å². The number of piperidine rings is 2. The minimum atomic E-state index is -0.168. The highest BCUT2D eigenvalue weighted by Gasteiger charge is 2.36. The minimum Gasteiger partial charge on any atom is -0.369 e. The van der Waals surface area contributed by atoms with Crippen LogP contribution in [0.15, 0.2) is 42.6 Å². The summed E-state index contributed by atoms with van der Waals surface area (Å²) < 4.78 is 13.6. The van der Waals surface area contributed by atoms with Crippen molar-refractivity contribution in [3.8, 4) is 0 Å². The first-order chi connectivity index (χ1) is 13.8. The molecule has 3 fully saturated rings. The van der Waals surface area contributed by atoms with Crippen molar-refractivity contribution < 1.29 is 4.39 Å². The molecule has 3 aliphatic heterocycles. The SMILES string of the molecule is Fc1cccc(N2CCC[C@@H](Nc3cc(N4C5CCCC4CC5)ccn3)C2)c1. The second-order valence-electron chi connectivity index (χ2n) is 8.53. The smallest absolute Gasteiger partial charge is 0.128 e. The van der Waals surface area contributed by atoms with E-state index >= 15 is 0 Å². The van der Waals surface area contributed by atoms with Gasteiger partial charge in [-0.2, -0.15) is 0 Å². The van der Waals surface area contributed by atoms with Gasteiger partial charge in [-0.05, 0) is 69.2 Å². The Bertz CT molecular complexity index is 810. The molecule has 4 heterocycles. The Morgan fingerprint density at radius 1 is 0.929 bits per heavy atom. The molecular weight excluding hydrogens is 351 g/mol. The van der Waals surface area contributed by atoms with Crippen LogP contribution in [0.25, 0.3) is 0 Å². The van der Waals surface area contributed by atoms with Gasteiger partial charge in [0, 0.05) is 54.9 Å². The van der Waals surface area contributed by atoms with Crippen molar-refractivity contribution in [3.05, 3.63) is 48.4 Å². The van der Waals surface area contributed by atoms with Crippen LogP contribution in [0.5, 0.6) is 0 Å². The first kappa shape index (κ1) is 17.8. The van der Waals surface area contributed by atoms with E-state index < -0.39 is 0 Å². The maximum absolute atomic E-state index is 13.6. The van der Waals surface area contributed by atoms with E-state index in [1.165, 1.54) is 43.9 Å². The molecule has 5 rings (SSSR count). The number of halogens is 1. The van der Waals surface area contributed by atoms with E-state index in [0.29, 0.717) is 18.1 Å². The zero-order valence-electron chi connectivity index (χ0n) is 16.4. The first-order valence-corrected chi connectivity index (χ1v) is 10.8. The van der Waals surface area contributed by atoms with E-state index in [2.05, 4.69) is 32.2 Å². The lowest BCUT2D eigenvalue weighted by Gasteiger charge is -2.37. The van der Waals surface area contributed by atoms with Gasteiger partial charge in [-0.3, -0.25) is 0 Å². The van der Waals surface area contributed by atoms with Crippen molar-refractivity contribution in [2.24, 2.45) is 0 Å². The lowest BCUT2D eigenvalue weighted by molar-refractivity contribution is 0.468. The Kier molecular flexibility index (Phi) is 4.83. The number of benzene rings is 1. The molecule has 148 valence electrons. The monoisotopic (exact) mass is 380 g/mol. The number of aromatic nitrogens is 1. The maximum atomic E-state index is 13.6. The summed E-state index contributed by atoms with van der Waals surface area (Å²) in [6.07, 6.45) is 10.9. The predicted octanol–water partition coefficient (Wildman–Crippen LogP) is 4.82. The number of anilines is 3. The molecule has 0 radical (unpaired) electrons. The average molecular weight is 381 g/mol. The van der Waals surface area contributed by atoms with Gasteiger partial charge < -0.3 is 15.1 Å². The van der Waals surface area contributed by atoms with E-state index in [-0.39, 0.29) is 5.82 Å². The normalized spacial score (nSPS) is 27.1. The third-order valence-corrected chi connectivity index (χ3v) is 6.68. The van der Waals surface area contributed by atoms with Crippen LogP contribution < -0.4 is 15.1 Å². The van der Waals surface area contributed by atoms with Crippen molar-refractivity contribution in [1.29, 1.82) is 0 Å². The molecule has 3 aliphatic rings. The summed E-state index contributed by atoms with van der Waals surface area (Å²) in [6.45, 7) is 1.86. The van der Waals surface area contributed by atoms with Crippen LogP contribution >= 0.6 is 0 Å². The third-order valence-electron chi connectivity index (χ3n) is 6.68. The van der Waals surface area contributed by atoms with Gasteiger partial charge in [0.1, 0.15) is 11.6 Å². The molecule has 0 saturated carbocycles. The largest absolute Gasteiger partial charge is 0.369 e. The Labute approximate surface area is 166 Å². The topological polar surface area (TPSA) is 31.4 Å². The Morgan fingerprint density at radius 2 is 1.79 bits per heavy atom. The fraction of sp³-hybridized carbons (Fsp3) is 0.522. The molecule has 3 atom stereocenters. The van der Waals surface area contributed by atoms with Gasteiger partial charge in [0.25, 0.3) is 0 Å². The highest BCUT2D eigenvalue weighted by atomic mass is 19.1. The molecule has 2 bridgehead atoms. The summed E-state index contributed by atoms with van der Waals surface area (Å²) in [4.78, 5) is 9.52. The third kappa shape index (κ3) is 3.54. The molecule has 1 aromatic heterocycles. The van der Waals surface area contributed by atoms with Crippen molar-refractivity contribution in [2.45, 2.75) is 63.1 Å². The molecule has 3 saturated heterocycles. The lowest BCUT2D eigenvalue weighted by atomic mass is 10.0. The summed E-state index contributed by atoms with van der Waals surface area (Å²) in [5.41, 5.74) is 2.29. The van der Waals surface area contributed by atoms with Crippen LogP contribution in [0.1, 0.15) is 44.9 Å². The summed E-state index contributed by atoms with van der Waals surface area (Å²) in [6, 6.07) is 13.1. The van der Waals surface area contributed by atoms with Crippen molar-refractivity contribution >= 4 is 17.2 Å². The van der Waals surface area contributed by atoms with Gasteiger partial charge in [0.15, 0.2) is 0 Å². The van der Waals surface area contributed by atoms with Crippen molar-refractivity contribution in [3.63, 3.8) is 0 Å². The quantitative estimate of drug-likeness (QED) is 0.824. The summed E-state index contributed by atoms with van der Waals surface area (Å²) in [7, 11) is 0. The van der Waals surface area contributed by atoms with Crippen LogP contribution in [0.3, 0.4) is 0 Å². The number of nitrogens with one attached hydrogen (secondary N) is 1. The molecule has 28 heavy (non-hydrogen) atoms. The number of hydrogen-bond donors (Lipinski definition) is 1. The highest BCUT2D eigenvalue weighted by molar-refractivity contribution is 5.57. The van der Waals surface area contributed by atoms with Crippen LogP contribution in [0, 0.1) is 5.82 Å². The molecule has 0 aliphatic carbocycles. The number of pyridine rings is 1. The van der Waals surface area contributed by atoms with Gasteiger partial charge in [0.05, 0.1) is 0 Å². The van der Waals surface area contributed by atoms with E-state index in [9.17, 15) is 4.39 Å². The molecule has 2 aromatic rings. The predicted molar refractivity (Wildman–Crippen MR) is 113 cm³/mol. The van der Waals surface area contributed by atoms with Gasteiger partial charge in [-0.1, -0.05) is 6.07 Å². The van der Waals surface area contributed by atoms with Crippen LogP contribution in [0.2, 0.25) is 0 Å². The fourth-order valence-corrected chi connectivity index (χ4v) is 5.41. The second kappa shape index (κ2) is 7.61. The molecule has 1 N–H and O–H groups in total. The summed E-state index contributed by atoms with van der Waals surface area (Å²) in [5.74, 6) is 0.798. The van der Waals surface area contributed by atoms with Gasteiger partial charge in [-0.25, -0.2) is 9.37 Å². The molecule has 0 amide bonds. The molecule has 1 aromatic carbocycles. The van der Waals surface area contributed by atoms with E-state index in [0.717, 1.165) is 37.4 Å². The van der Waals surface area contributed by atoms with E-state index in [1.54, 1.807) is 12.1 Å². The maximum Gasteiger partial charge on any atom is 0.128 e. The first-order valence-electron chi connectivity index (χ1n) is 10.8. The Balaban J connectivity index is 1.28. The molecular formula is C23H29FN4. The Hall–Kier alpha value is -2.30. The zero-order chi connectivity index (χ0) is 18.9. The van der Waals surface area contributed by atoms with E-state index in [1.807, 2.05) is 12.3 Å². The van der Waals surface area contributed by atoms with Crippen molar-refractivity contribution in [1.82, 2.24) is 4.98 Å². The van der Waals surface area contributed by atoms with E-state index in [4.69, 9.17) is 0 Å². The van der Waals surface area contributed by atoms with Gasteiger partial charge >= 0.3 is 0 Å². The summed E-state index contributed by atoms with van der Waals surface area (Å²) >= 11 is 0. The molecule has 0 spiro atoms. The van der Waals surface area contributed by atoms with Crippen LogP contribution in [-0.4, -0.2) is 36.2 Å². The Morgan fingerprint density at radius 3 is 2.61 bits per heavy atom. The highest BCUT2D eigenvalue weighted by Crippen LogP contribution is 2.39. The minimum absolute atomic E-state index is 0.168.